The summed E-state index contributed by atoms with van der Waals surface area (Å²) in [5.74, 6) is 1.89. The van der Waals surface area contributed by atoms with Crippen molar-refractivity contribution in [3.05, 3.63) is 163 Å². The lowest BCUT2D eigenvalue weighted by atomic mass is 9.90. The highest BCUT2D eigenvalue weighted by atomic mass is 35.5. The van der Waals surface area contributed by atoms with Gasteiger partial charge in [0.15, 0.2) is 17.5 Å². The van der Waals surface area contributed by atoms with E-state index in [1.807, 2.05) is 84.9 Å². The van der Waals surface area contributed by atoms with Gasteiger partial charge in [-0.1, -0.05) is 169 Å². The summed E-state index contributed by atoms with van der Waals surface area (Å²) < 4.78 is 0. The van der Waals surface area contributed by atoms with Crippen molar-refractivity contribution < 1.29 is 0 Å². The predicted molar refractivity (Wildman–Crippen MR) is 177 cm³/mol. The Hall–Kier alpha value is -5.38. The summed E-state index contributed by atoms with van der Waals surface area (Å²) >= 11 is 7.23. The van der Waals surface area contributed by atoms with Crippen LogP contribution in [0, 0.1) is 0 Å². The van der Waals surface area contributed by atoms with Gasteiger partial charge in [-0.05, 0) is 22.3 Å². The van der Waals surface area contributed by atoms with Crippen LogP contribution in [0.2, 0.25) is 5.02 Å². The van der Waals surface area contributed by atoms with E-state index in [9.17, 15) is 0 Å². The zero-order valence-electron chi connectivity index (χ0n) is 23.2. The number of hydrogen-bond acceptors (Lipinski definition) is 3. The van der Waals surface area contributed by atoms with E-state index in [0.717, 1.165) is 55.1 Å². The summed E-state index contributed by atoms with van der Waals surface area (Å²) in [6.45, 7) is 0. The lowest BCUT2D eigenvalue weighted by Crippen LogP contribution is -2.00. The second-order valence-corrected chi connectivity index (χ2v) is 10.6. The van der Waals surface area contributed by atoms with Gasteiger partial charge >= 0.3 is 0 Å². The molecule has 0 N–H and O–H groups in total. The molecule has 0 saturated heterocycles. The Bertz CT molecular complexity index is 1940. The zero-order chi connectivity index (χ0) is 29.0. The van der Waals surface area contributed by atoms with Crippen LogP contribution in [-0.2, 0) is 0 Å². The topological polar surface area (TPSA) is 38.7 Å². The van der Waals surface area contributed by atoms with Crippen LogP contribution < -0.4 is 0 Å². The van der Waals surface area contributed by atoms with Gasteiger partial charge in [-0.3, -0.25) is 0 Å². The minimum absolute atomic E-state index is 0.617. The van der Waals surface area contributed by atoms with Crippen molar-refractivity contribution >= 4 is 11.6 Å². The van der Waals surface area contributed by atoms with Crippen molar-refractivity contribution in [2.75, 3.05) is 0 Å². The van der Waals surface area contributed by atoms with Crippen LogP contribution in [-0.4, -0.2) is 15.0 Å². The quantitative estimate of drug-likeness (QED) is 0.199. The summed E-state index contributed by atoms with van der Waals surface area (Å²) in [6.07, 6.45) is 0. The second kappa shape index (κ2) is 11.8. The molecule has 0 saturated carbocycles. The smallest absolute Gasteiger partial charge is 0.164 e. The molecule has 43 heavy (non-hydrogen) atoms. The molecule has 0 bridgehead atoms. The molecule has 204 valence electrons. The third-order valence-electron chi connectivity index (χ3n) is 7.44. The van der Waals surface area contributed by atoms with Crippen molar-refractivity contribution in [2.24, 2.45) is 0 Å². The maximum absolute atomic E-state index is 7.23. The van der Waals surface area contributed by atoms with E-state index < -0.39 is 0 Å². The van der Waals surface area contributed by atoms with E-state index in [2.05, 4.69) is 72.8 Å². The molecular weight excluding hydrogens is 546 g/mol. The van der Waals surface area contributed by atoms with Gasteiger partial charge in [0.1, 0.15) is 0 Å². The van der Waals surface area contributed by atoms with Gasteiger partial charge in [0.05, 0.1) is 5.02 Å². The Morgan fingerprint density at radius 2 is 0.628 bits per heavy atom. The minimum atomic E-state index is 0.617. The van der Waals surface area contributed by atoms with E-state index in [4.69, 9.17) is 26.6 Å². The number of halogens is 1. The average Bonchev–Trinajstić information content (AvgIpc) is 3.09. The van der Waals surface area contributed by atoms with Crippen molar-refractivity contribution in [1.29, 1.82) is 0 Å². The Morgan fingerprint density at radius 1 is 0.302 bits per heavy atom. The monoisotopic (exact) mass is 571 g/mol. The summed E-state index contributed by atoms with van der Waals surface area (Å²) in [5, 5.41) is 0.721. The first-order chi connectivity index (χ1) is 21.2. The van der Waals surface area contributed by atoms with E-state index in [1.54, 1.807) is 0 Å². The lowest BCUT2D eigenvalue weighted by molar-refractivity contribution is 1.07. The molecule has 0 aliphatic rings. The fourth-order valence-electron chi connectivity index (χ4n) is 5.28. The summed E-state index contributed by atoms with van der Waals surface area (Å²) in [7, 11) is 0. The van der Waals surface area contributed by atoms with E-state index >= 15 is 0 Å². The largest absolute Gasteiger partial charge is 0.208 e. The zero-order valence-corrected chi connectivity index (χ0v) is 24.0. The second-order valence-electron chi connectivity index (χ2n) is 10.2. The molecule has 7 aromatic rings. The Balaban J connectivity index is 1.35. The van der Waals surface area contributed by atoms with Gasteiger partial charge in [0.2, 0.25) is 0 Å². The van der Waals surface area contributed by atoms with Crippen LogP contribution in [0.25, 0.3) is 67.5 Å². The normalized spacial score (nSPS) is 10.9. The molecule has 1 aromatic heterocycles. The molecule has 0 amide bonds. The average molecular weight is 572 g/mol. The van der Waals surface area contributed by atoms with Crippen molar-refractivity contribution in [1.82, 2.24) is 15.0 Å². The molecule has 0 aliphatic heterocycles. The molecule has 0 radical (unpaired) electrons. The summed E-state index contributed by atoms with van der Waals surface area (Å²) in [6, 6.07) is 53.3. The Labute approximate surface area is 256 Å². The van der Waals surface area contributed by atoms with E-state index in [1.165, 1.54) is 0 Å². The molecule has 1 heterocycles. The number of nitrogens with zero attached hydrogens (tertiary/aromatic N) is 3. The summed E-state index contributed by atoms with van der Waals surface area (Å²) in [4.78, 5) is 14.6. The highest BCUT2D eigenvalue weighted by molar-refractivity contribution is 6.37. The molecule has 3 nitrogen and oxygen atoms in total. The van der Waals surface area contributed by atoms with Gasteiger partial charge < -0.3 is 0 Å². The van der Waals surface area contributed by atoms with Gasteiger partial charge in [0, 0.05) is 27.8 Å². The molecule has 0 unspecified atom stereocenters. The van der Waals surface area contributed by atoms with Crippen LogP contribution in [0.5, 0.6) is 0 Å². The first-order valence-corrected chi connectivity index (χ1v) is 14.5. The molecule has 4 heteroatoms. The fraction of sp³-hybridized carbons (Fsp3) is 0. The van der Waals surface area contributed by atoms with Crippen LogP contribution in [0.1, 0.15) is 0 Å². The molecule has 0 fully saturated rings. The fourth-order valence-corrected chi connectivity index (χ4v) is 5.66. The maximum atomic E-state index is 7.23. The highest BCUT2D eigenvalue weighted by Gasteiger charge is 2.17. The van der Waals surface area contributed by atoms with E-state index in [0.29, 0.717) is 17.5 Å². The van der Waals surface area contributed by atoms with Crippen molar-refractivity contribution in [2.45, 2.75) is 0 Å². The van der Waals surface area contributed by atoms with Crippen molar-refractivity contribution in [3.8, 4) is 67.5 Å². The maximum Gasteiger partial charge on any atom is 0.164 e. The molecule has 6 aromatic carbocycles. The van der Waals surface area contributed by atoms with Crippen LogP contribution >= 0.6 is 11.6 Å². The first-order valence-electron chi connectivity index (χ1n) is 14.2. The third kappa shape index (κ3) is 5.46. The van der Waals surface area contributed by atoms with Gasteiger partial charge in [-0.2, -0.15) is 0 Å². The SMILES string of the molecule is Clc1c(-c2ccccc2)ccc(-c2ccccc2)c1-c1ccc(-c2nc(-c3ccccc3)nc(-c3ccccc3)n2)cc1. The Morgan fingerprint density at radius 3 is 1.07 bits per heavy atom. The van der Waals surface area contributed by atoms with Crippen LogP contribution in [0.3, 0.4) is 0 Å². The molecule has 0 atom stereocenters. The van der Waals surface area contributed by atoms with Gasteiger partial charge in [0.25, 0.3) is 0 Å². The van der Waals surface area contributed by atoms with Crippen LogP contribution in [0.4, 0.5) is 0 Å². The number of benzene rings is 6. The van der Waals surface area contributed by atoms with Gasteiger partial charge in [-0.25, -0.2) is 15.0 Å². The Kier molecular flexibility index (Phi) is 7.31. The first kappa shape index (κ1) is 26.5. The number of aromatic nitrogens is 3. The van der Waals surface area contributed by atoms with Crippen molar-refractivity contribution in [3.63, 3.8) is 0 Å². The predicted octanol–water partition coefficient (Wildman–Crippen LogP) is 10.5. The van der Waals surface area contributed by atoms with E-state index in [-0.39, 0.29) is 0 Å². The third-order valence-corrected chi connectivity index (χ3v) is 7.84. The molecule has 7 rings (SSSR count). The summed E-state index contributed by atoms with van der Waals surface area (Å²) in [5.41, 5.74) is 9.07. The van der Waals surface area contributed by atoms with Crippen LogP contribution in [0.15, 0.2) is 158 Å². The molecular formula is C39H26ClN3. The number of hydrogen-bond donors (Lipinski definition) is 0. The number of rotatable bonds is 6. The minimum Gasteiger partial charge on any atom is -0.208 e. The molecule has 0 spiro atoms. The van der Waals surface area contributed by atoms with Gasteiger partial charge in [-0.15, -0.1) is 0 Å². The standard InChI is InChI=1S/C39H26ClN3/c40-36-34(28-15-7-2-8-16-28)26-25-33(27-13-5-1-6-14-27)35(36)29-21-23-32(24-22-29)39-42-37(30-17-9-3-10-18-30)41-38(43-39)31-19-11-4-12-20-31/h1-26H. The molecule has 0 aliphatic carbocycles. The highest BCUT2D eigenvalue weighted by Crippen LogP contribution is 2.43. The lowest BCUT2D eigenvalue weighted by Gasteiger charge is -2.17.